The highest BCUT2D eigenvalue weighted by atomic mass is 16.5. The van der Waals surface area contributed by atoms with Crippen molar-refractivity contribution in [2.75, 3.05) is 12.4 Å². The number of rotatable bonds is 4. The fourth-order valence-corrected chi connectivity index (χ4v) is 1.70. The maximum Gasteiger partial charge on any atom is 0.257 e. The summed E-state index contributed by atoms with van der Waals surface area (Å²) in [6, 6.07) is 15.8. The minimum atomic E-state index is -1.23. The maximum absolute atomic E-state index is 11.9. The zero-order valence-corrected chi connectivity index (χ0v) is 10.5. The molecular formula is C15H15NO3. The predicted octanol–water partition coefficient (Wildman–Crippen LogP) is 2.37. The lowest BCUT2D eigenvalue weighted by Crippen LogP contribution is -2.20. The largest absolute Gasteiger partial charge is 0.497 e. The van der Waals surface area contributed by atoms with Crippen molar-refractivity contribution in [3.05, 3.63) is 60.2 Å². The van der Waals surface area contributed by atoms with E-state index in [-0.39, 0.29) is 0 Å². The average molecular weight is 257 g/mol. The Morgan fingerprint density at radius 3 is 2.58 bits per heavy atom. The molecular weight excluding hydrogens is 242 g/mol. The summed E-state index contributed by atoms with van der Waals surface area (Å²) in [7, 11) is 1.54. The second kappa shape index (κ2) is 6.02. The third kappa shape index (κ3) is 3.33. The summed E-state index contributed by atoms with van der Waals surface area (Å²) in [5.41, 5.74) is 1.14. The second-order valence-electron chi connectivity index (χ2n) is 4.03. The van der Waals surface area contributed by atoms with E-state index in [1.165, 1.54) is 7.11 Å². The molecule has 0 aliphatic rings. The van der Waals surface area contributed by atoms with Gasteiger partial charge in [0.2, 0.25) is 0 Å². The van der Waals surface area contributed by atoms with Crippen molar-refractivity contribution in [2.24, 2.45) is 0 Å². The van der Waals surface area contributed by atoms with Gasteiger partial charge in [-0.15, -0.1) is 0 Å². The smallest absolute Gasteiger partial charge is 0.257 e. The predicted molar refractivity (Wildman–Crippen MR) is 73.0 cm³/mol. The Kier molecular flexibility index (Phi) is 4.15. The van der Waals surface area contributed by atoms with Crippen LogP contribution in [0, 0.1) is 0 Å². The number of hydrogen-bond acceptors (Lipinski definition) is 3. The van der Waals surface area contributed by atoms with E-state index in [4.69, 9.17) is 4.74 Å². The highest BCUT2D eigenvalue weighted by Gasteiger charge is 2.17. The Bertz CT molecular complexity index is 554. The van der Waals surface area contributed by atoms with Gasteiger partial charge in [-0.25, -0.2) is 0 Å². The number of methoxy groups -OCH3 is 1. The van der Waals surface area contributed by atoms with Crippen molar-refractivity contribution in [2.45, 2.75) is 6.10 Å². The van der Waals surface area contributed by atoms with E-state index < -0.39 is 12.0 Å². The number of nitrogens with one attached hydrogen (secondary N) is 1. The molecule has 0 fully saturated rings. The molecule has 98 valence electrons. The third-order valence-electron chi connectivity index (χ3n) is 2.70. The molecule has 0 aliphatic carbocycles. The van der Waals surface area contributed by atoms with E-state index in [9.17, 15) is 9.90 Å². The summed E-state index contributed by atoms with van der Waals surface area (Å²) in [6.45, 7) is 0. The molecule has 2 aromatic rings. The van der Waals surface area contributed by atoms with Gasteiger partial charge in [0.05, 0.1) is 7.11 Å². The van der Waals surface area contributed by atoms with Crippen molar-refractivity contribution in [1.82, 2.24) is 0 Å². The minimum Gasteiger partial charge on any atom is -0.497 e. The van der Waals surface area contributed by atoms with E-state index in [1.54, 1.807) is 36.4 Å². The van der Waals surface area contributed by atoms with E-state index >= 15 is 0 Å². The number of aliphatic hydroxyl groups excluding tert-OH is 1. The van der Waals surface area contributed by atoms with Gasteiger partial charge in [0.15, 0.2) is 6.10 Å². The van der Waals surface area contributed by atoms with Gasteiger partial charge in [-0.05, 0) is 29.8 Å². The molecule has 0 aliphatic heterocycles. The van der Waals surface area contributed by atoms with Gasteiger partial charge in [0.25, 0.3) is 5.91 Å². The van der Waals surface area contributed by atoms with Crippen LogP contribution in [0.4, 0.5) is 5.69 Å². The Morgan fingerprint density at radius 1 is 1.16 bits per heavy atom. The number of ether oxygens (including phenoxy) is 1. The van der Waals surface area contributed by atoms with E-state index in [2.05, 4.69) is 5.32 Å². The summed E-state index contributed by atoms with van der Waals surface area (Å²) in [5.74, 6) is 0.128. The van der Waals surface area contributed by atoms with E-state index in [0.717, 1.165) is 0 Å². The normalized spacial score (nSPS) is 11.7. The molecule has 0 radical (unpaired) electrons. The highest BCUT2D eigenvalue weighted by Crippen LogP contribution is 2.20. The molecule has 2 rings (SSSR count). The Morgan fingerprint density at radius 2 is 1.89 bits per heavy atom. The first-order valence-electron chi connectivity index (χ1n) is 5.88. The van der Waals surface area contributed by atoms with E-state index in [1.807, 2.05) is 18.2 Å². The van der Waals surface area contributed by atoms with Crippen molar-refractivity contribution in [1.29, 1.82) is 0 Å². The van der Waals surface area contributed by atoms with Crippen LogP contribution in [0.15, 0.2) is 54.6 Å². The fourth-order valence-electron chi connectivity index (χ4n) is 1.70. The molecule has 4 nitrogen and oxygen atoms in total. The van der Waals surface area contributed by atoms with Gasteiger partial charge in [-0.3, -0.25) is 4.79 Å². The molecule has 0 spiro atoms. The summed E-state index contributed by atoms with van der Waals surface area (Å²) >= 11 is 0. The van der Waals surface area contributed by atoms with Gasteiger partial charge in [0, 0.05) is 5.69 Å². The van der Waals surface area contributed by atoms with Crippen LogP contribution in [0.3, 0.4) is 0 Å². The molecule has 0 saturated carbocycles. The van der Waals surface area contributed by atoms with E-state index in [0.29, 0.717) is 17.0 Å². The molecule has 0 bridgehead atoms. The molecule has 0 aromatic heterocycles. The lowest BCUT2D eigenvalue weighted by Gasteiger charge is -2.12. The second-order valence-corrected chi connectivity index (χ2v) is 4.03. The first-order chi connectivity index (χ1) is 9.20. The summed E-state index contributed by atoms with van der Waals surface area (Å²) in [5, 5.41) is 12.7. The number of para-hydroxylation sites is 1. The Hall–Kier alpha value is -2.33. The zero-order chi connectivity index (χ0) is 13.7. The minimum absolute atomic E-state index is 0.473. The molecule has 19 heavy (non-hydrogen) atoms. The highest BCUT2D eigenvalue weighted by molar-refractivity contribution is 5.94. The van der Waals surface area contributed by atoms with Crippen LogP contribution in [0.2, 0.25) is 0 Å². The van der Waals surface area contributed by atoms with Crippen LogP contribution in [0.5, 0.6) is 5.75 Å². The van der Waals surface area contributed by atoms with Crippen LogP contribution in [-0.4, -0.2) is 18.1 Å². The topological polar surface area (TPSA) is 58.6 Å². The lowest BCUT2D eigenvalue weighted by molar-refractivity contribution is -0.124. The Labute approximate surface area is 111 Å². The molecule has 1 amide bonds. The quantitative estimate of drug-likeness (QED) is 0.884. The van der Waals surface area contributed by atoms with Gasteiger partial charge < -0.3 is 15.2 Å². The SMILES string of the molecule is COc1cccc(C(O)C(=O)Nc2ccccc2)c1. The standard InChI is InChI=1S/C15H15NO3/c1-19-13-9-5-6-11(10-13)14(17)15(18)16-12-7-3-2-4-8-12/h2-10,14,17H,1H3,(H,16,18). The van der Waals surface area contributed by atoms with Crippen LogP contribution in [-0.2, 0) is 4.79 Å². The zero-order valence-electron chi connectivity index (χ0n) is 10.5. The van der Waals surface area contributed by atoms with Crippen LogP contribution in [0.25, 0.3) is 0 Å². The Balaban J connectivity index is 2.10. The molecule has 1 atom stereocenters. The van der Waals surface area contributed by atoms with Crippen LogP contribution in [0.1, 0.15) is 11.7 Å². The molecule has 4 heteroatoms. The van der Waals surface area contributed by atoms with Gasteiger partial charge >= 0.3 is 0 Å². The number of carbonyl (C=O) groups excluding carboxylic acids is 1. The van der Waals surface area contributed by atoms with Gasteiger partial charge in [-0.1, -0.05) is 30.3 Å². The summed E-state index contributed by atoms with van der Waals surface area (Å²) in [6.07, 6.45) is -1.23. The maximum atomic E-state index is 11.9. The van der Waals surface area contributed by atoms with Crippen molar-refractivity contribution in [3.8, 4) is 5.75 Å². The third-order valence-corrected chi connectivity index (χ3v) is 2.70. The number of hydrogen-bond donors (Lipinski definition) is 2. The van der Waals surface area contributed by atoms with Gasteiger partial charge in [-0.2, -0.15) is 0 Å². The van der Waals surface area contributed by atoms with Crippen molar-refractivity contribution in [3.63, 3.8) is 0 Å². The number of amides is 1. The van der Waals surface area contributed by atoms with Crippen LogP contribution < -0.4 is 10.1 Å². The lowest BCUT2D eigenvalue weighted by atomic mass is 10.1. The number of anilines is 1. The number of carbonyl (C=O) groups is 1. The average Bonchev–Trinajstić information content (AvgIpc) is 2.47. The van der Waals surface area contributed by atoms with Crippen molar-refractivity contribution < 1.29 is 14.6 Å². The summed E-state index contributed by atoms with van der Waals surface area (Å²) < 4.78 is 5.06. The number of aliphatic hydroxyl groups is 1. The van der Waals surface area contributed by atoms with Crippen molar-refractivity contribution >= 4 is 11.6 Å². The molecule has 0 saturated heterocycles. The van der Waals surface area contributed by atoms with Crippen LogP contribution >= 0.6 is 0 Å². The van der Waals surface area contributed by atoms with Gasteiger partial charge in [0.1, 0.15) is 5.75 Å². The molecule has 1 unspecified atom stereocenters. The first-order valence-corrected chi connectivity index (χ1v) is 5.88. The summed E-state index contributed by atoms with van der Waals surface area (Å²) in [4.78, 5) is 11.9. The number of benzene rings is 2. The molecule has 2 N–H and O–H groups in total. The molecule has 2 aromatic carbocycles. The fraction of sp³-hybridized carbons (Fsp3) is 0.133. The molecule has 0 heterocycles. The monoisotopic (exact) mass is 257 g/mol. The first kappa shape index (κ1) is 13.1.